The summed E-state index contributed by atoms with van der Waals surface area (Å²) >= 11 is 1.78. The number of fused-ring (bicyclic) bond motifs is 1. The third kappa shape index (κ3) is 5.11. The molecule has 196 valence electrons. The van der Waals surface area contributed by atoms with Crippen molar-refractivity contribution < 1.29 is 14.4 Å². The van der Waals surface area contributed by atoms with Crippen molar-refractivity contribution in [2.75, 3.05) is 25.0 Å². The molecule has 1 unspecified atom stereocenters. The predicted molar refractivity (Wildman–Crippen MR) is 144 cm³/mol. The summed E-state index contributed by atoms with van der Waals surface area (Å²) in [6.07, 6.45) is 8.55. The molecule has 3 fully saturated rings. The van der Waals surface area contributed by atoms with Gasteiger partial charge in [0.15, 0.2) is 0 Å². The van der Waals surface area contributed by atoms with Crippen molar-refractivity contribution in [2.45, 2.75) is 94.3 Å². The molecular formula is C28H40N4O3S. The number of piperidine rings is 1. The van der Waals surface area contributed by atoms with Crippen molar-refractivity contribution in [3.05, 3.63) is 29.8 Å². The standard InChI is InChI=1S/C28H40N4O3S/c1-20(2)10-17-32-26(34)24(36-28(32)13-6-3-7-14-28)18-25(33)30-15-11-22(12-16-30)31-19-21-8-4-5-9-23(21)29-27(31)35/h4-5,8-9,20,22,24H,3,6-7,10-19H2,1-2H3,(H,29,35). The summed E-state index contributed by atoms with van der Waals surface area (Å²) in [6.45, 7) is 7.12. The molecule has 5 rings (SSSR count). The lowest BCUT2D eigenvalue weighted by Gasteiger charge is -2.41. The van der Waals surface area contributed by atoms with Gasteiger partial charge in [-0.05, 0) is 49.7 Å². The van der Waals surface area contributed by atoms with Crippen LogP contribution in [0.4, 0.5) is 10.5 Å². The zero-order chi connectivity index (χ0) is 25.3. The fraction of sp³-hybridized carbons (Fsp3) is 0.679. The second-order valence-corrected chi connectivity index (χ2v) is 12.9. The predicted octanol–water partition coefficient (Wildman–Crippen LogP) is 5.07. The van der Waals surface area contributed by atoms with Gasteiger partial charge in [0.25, 0.3) is 0 Å². The van der Waals surface area contributed by atoms with E-state index in [-0.39, 0.29) is 34.0 Å². The van der Waals surface area contributed by atoms with Gasteiger partial charge in [-0.3, -0.25) is 9.59 Å². The molecule has 1 aliphatic carbocycles. The van der Waals surface area contributed by atoms with E-state index in [0.29, 0.717) is 32.0 Å². The minimum Gasteiger partial charge on any atom is -0.342 e. The first kappa shape index (κ1) is 25.4. The van der Waals surface area contributed by atoms with Crippen LogP contribution in [0.3, 0.4) is 0 Å². The van der Waals surface area contributed by atoms with Gasteiger partial charge >= 0.3 is 6.03 Å². The highest BCUT2D eigenvalue weighted by Crippen LogP contribution is 2.51. The SMILES string of the molecule is CC(C)CCN1C(=O)C(CC(=O)N2CCC(N3Cc4ccccc4NC3=O)CC2)SC12CCCCC2. The van der Waals surface area contributed by atoms with Crippen molar-refractivity contribution in [2.24, 2.45) is 5.92 Å². The molecule has 1 spiro atoms. The number of likely N-dealkylation sites (tertiary alicyclic amines) is 1. The van der Waals surface area contributed by atoms with E-state index in [1.807, 2.05) is 28.0 Å². The summed E-state index contributed by atoms with van der Waals surface area (Å²) in [5, 5.41) is 2.75. The number of carbonyl (C=O) groups excluding carboxylic acids is 3. The van der Waals surface area contributed by atoms with Crippen LogP contribution in [0.2, 0.25) is 0 Å². The van der Waals surface area contributed by atoms with Crippen LogP contribution >= 0.6 is 11.8 Å². The Hall–Kier alpha value is -2.22. The van der Waals surface area contributed by atoms with E-state index in [9.17, 15) is 14.4 Å². The van der Waals surface area contributed by atoms with Crippen LogP contribution in [0.1, 0.15) is 77.2 Å². The second kappa shape index (κ2) is 10.6. The van der Waals surface area contributed by atoms with Gasteiger partial charge in [-0.15, -0.1) is 11.8 Å². The summed E-state index contributed by atoms with van der Waals surface area (Å²) < 4.78 is 0. The molecule has 3 aliphatic heterocycles. The number of hydrogen-bond acceptors (Lipinski definition) is 4. The first-order valence-corrected chi connectivity index (χ1v) is 14.7. The summed E-state index contributed by atoms with van der Waals surface area (Å²) in [5.74, 6) is 0.819. The van der Waals surface area contributed by atoms with Crippen LogP contribution < -0.4 is 5.32 Å². The minimum atomic E-state index is -0.259. The van der Waals surface area contributed by atoms with Crippen molar-refractivity contribution in [1.29, 1.82) is 0 Å². The Morgan fingerprint density at radius 2 is 1.83 bits per heavy atom. The number of benzene rings is 1. The maximum Gasteiger partial charge on any atom is 0.322 e. The van der Waals surface area contributed by atoms with Gasteiger partial charge in [0, 0.05) is 44.3 Å². The molecule has 8 heteroatoms. The molecule has 1 atom stereocenters. The minimum absolute atomic E-state index is 0.0503. The van der Waals surface area contributed by atoms with E-state index < -0.39 is 0 Å². The zero-order valence-corrected chi connectivity index (χ0v) is 22.5. The molecule has 0 bridgehead atoms. The summed E-state index contributed by atoms with van der Waals surface area (Å²) in [6, 6.07) is 8.01. The number of urea groups is 1. The fourth-order valence-electron chi connectivity index (χ4n) is 6.31. The van der Waals surface area contributed by atoms with Gasteiger partial charge in [-0.1, -0.05) is 51.3 Å². The number of anilines is 1. The fourth-order valence-corrected chi connectivity index (χ4v) is 8.12. The normalized spacial score (nSPS) is 24.4. The van der Waals surface area contributed by atoms with Crippen molar-refractivity contribution in [1.82, 2.24) is 14.7 Å². The maximum absolute atomic E-state index is 13.5. The van der Waals surface area contributed by atoms with E-state index in [2.05, 4.69) is 30.1 Å². The number of rotatable bonds is 6. The monoisotopic (exact) mass is 512 g/mol. The van der Waals surface area contributed by atoms with Crippen LogP contribution in [0.25, 0.3) is 0 Å². The number of amides is 4. The van der Waals surface area contributed by atoms with Gasteiger partial charge in [0.1, 0.15) is 0 Å². The van der Waals surface area contributed by atoms with Crippen LogP contribution in [0.15, 0.2) is 24.3 Å². The Morgan fingerprint density at radius 3 is 2.56 bits per heavy atom. The molecule has 1 aromatic rings. The molecule has 0 radical (unpaired) electrons. The molecule has 4 amide bonds. The van der Waals surface area contributed by atoms with Gasteiger partial charge in [-0.25, -0.2) is 4.79 Å². The highest BCUT2D eigenvalue weighted by molar-refractivity contribution is 8.02. The molecule has 36 heavy (non-hydrogen) atoms. The Kier molecular flexibility index (Phi) is 7.52. The Labute approximate surface area is 219 Å². The van der Waals surface area contributed by atoms with Crippen molar-refractivity contribution in [3.8, 4) is 0 Å². The molecule has 3 heterocycles. The Bertz CT molecular complexity index is 985. The highest BCUT2D eigenvalue weighted by atomic mass is 32.2. The molecule has 1 N–H and O–H groups in total. The molecule has 7 nitrogen and oxygen atoms in total. The van der Waals surface area contributed by atoms with E-state index in [4.69, 9.17) is 0 Å². The molecule has 1 saturated carbocycles. The number of thioether (sulfide) groups is 1. The third-order valence-corrected chi connectivity index (χ3v) is 10.2. The lowest BCUT2D eigenvalue weighted by atomic mass is 9.92. The molecule has 0 aromatic heterocycles. The maximum atomic E-state index is 13.5. The number of para-hydroxylation sites is 1. The average Bonchev–Trinajstić information content (AvgIpc) is 3.12. The molecule has 1 aromatic carbocycles. The number of nitrogens with zero attached hydrogens (tertiary/aromatic N) is 3. The molecular weight excluding hydrogens is 472 g/mol. The van der Waals surface area contributed by atoms with E-state index >= 15 is 0 Å². The average molecular weight is 513 g/mol. The highest BCUT2D eigenvalue weighted by Gasteiger charge is 2.52. The molecule has 4 aliphatic rings. The Balaban J connectivity index is 1.17. The van der Waals surface area contributed by atoms with Crippen LogP contribution in [-0.2, 0) is 16.1 Å². The van der Waals surface area contributed by atoms with Crippen LogP contribution in [-0.4, -0.2) is 68.3 Å². The number of carbonyl (C=O) groups is 3. The van der Waals surface area contributed by atoms with E-state index in [0.717, 1.165) is 49.9 Å². The van der Waals surface area contributed by atoms with Gasteiger partial charge in [-0.2, -0.15) is 0 Å². The largest absolute Gasteiger partial charge is 0.342 e. The topological polar surface area (TPSA) is 73.0 Å². The van der Waals surface area contributed by atoms with Crippen LogP contribution in [0, 0.1) is 5.92 Å². The van der Waals surface area contributed by atoms with E-state index in [1.54, 1.807) is 11.8 Å². The Morgan fingerprint density at radius 1 is 1.11 bits per heavy atom. The van der Waals surface area contributed by atoms with E-state index in [1.165, 1.54) is 19.3 Å². The quantitative estimate of drug-likeness (QED) is 0.578. The summed E-state index contributed by atoms with van der Waals surface area (Å²) in [7, 11) is 0. The van der Waals surface area contributed by atoms with Crippen molar-refractivity contribution in [3.63, 3.8) is 0 Å². The van der Waals surface area contributed by atoms with Gasteiger partial charge < -0.3 is 20.0 Å². The smallest absolute Gasteiger partial charge is 0.322 e. The number of hydrogen-bond donors (Lipinski definition) is 1. The van der Waals surface area contributed by atoms with Crippen LogP contribution in [0.5, 0.6) is 0 Å². The lowest BCUT2D eigenvalue weighted by molar-refractivity contribution is -0.138. The first-order chi connectivity index (χ1) is 17.4. The first-order valence-electron chi connectivity index (χ1n) is 13.8. The summed E-state index contributed by atoms with van der Waals surface area (Å²) in [4.78, 5) is 45.4. The molecule has 2 saturated heterocycles. The van der Waals surface area contributed by atoms with Crippen molar-refractivity contribution >= 4 is 35.3 Å². The van der Waals surface area contributed by atoms with Gasteiger partial charge in [0.2, 0.25) is 11.8 Å². The van der Waals surface area contributed by atoms with Gasteiger partial charge in [0.05, 0.1) is 10.1 Å². The lowest BCUT2D eigenvalue weighted by Crippen LogP contribution is -2.51. The zero-order valence-electron chi connectivity index (χ0n) is 21.7. The second-order valence-electron chi connectivity index (χ2n) is 11.3. The number of nitrogens with one attached hydrogen (secondary N) is 1. The third-order valence-electron chi connectivity index (χ3n) is 8.44. The summed E-state index contributed by atoms with van der Waals surface area (Å²) in [5.41, 5.74) is 2.02.